The molecule has 1 unspecified atom stereocenters. The fourth-order valence-corrected chi connectivity index (χ4v) is 2.77. The summed E-state index contributed by atoms with van der Waals surface area (Å²) >= 11 is 0. The van der Waals surface area contributed by atoms with Crippen molar-refractivity contribution in [2.45, 2.75) is 13.0 Å². The van der Waals surface area contributed by atoms with Gasteiger partial charge in [0.1, 0.15) is 5.82 Å². The number of carbonyl (C=O) groups excluding carboxylic acids is 2. The van der Waals surface area contributed by atoms with Gasteiger partial charge in [-0.05, 0) is 37.3 Å². The average Bonchev–Trinajstić information content (AvgIpc) is 2.62. The Labute approximate surface area is 145 Å². The molecule has 5 nitrogen and oxygen atoms in total. The molecule has 0 bridgehead atoms. The van der Waals surface area contributed by atoms with E-state index in [2.05, 4.69) is 5.32 Å². The van der Waals surface area contributed by atoms with Crippen molar-refractivity contribution in [2.24, 2.45) is 0 Å². The second kappa shape index (κ2) is 7.44. The van der Waals surface area contributed by atoms with Gasteiger partial charge < -0.3 is 15.0 Å². The SMILES string of the molecule is CC1COCCN1C(=O)c1cccc(NC(=O)c2ccccc2F)c1. The highest BCUT2D eigenvalue weighted by Crippen LogP contribution is 2.17. The van der Waals surface area contributed by atoms with Crippen molar-refractivity contribution in [2.75, 3.05) is 25.1 Å². The van der Waals surface area contributed by atoms with E-state index < -0.39 is 11.7 Å². The first kappa shape index (κ1) is 17.1. The Kier molecular flexibility index (Phi) is 5.09. The highest BCUT2D eigenvalue weighted by molar-refractivity contribution is 6.05. The molecule has 1 N–H and O–H groups in total. The molecule has 130 valence electrons. The third-order valence-corrected chi connectivity index (χ3v) is 4.11. The average molecular weight is 342 g/mol. The summed E-state index contributed by atoms with van der Waals surface area (Å²) in [5.41, 5.74) is 0.876. The normalized spacial score (nSPS) is 17.2. The number of ether oxygens (including phenoxy) is 1. The van der Waals surface area contributed by atoms with Crippen LogP contribution in [0.25, 0.3) is 0 Å². The number of amides is 2. The molecule has 25 heavy (non-hydrogen) atoms. The van der Waals surface area contributed by atoms with Crippen LogP contribution in [0.4, 0.5) is 10.1 Å². The monoisotopic (exact) mass is 342 g/mol. The number of anilines is 1. The first-order chi connectivity index (χ1) is 12.1. The van der Waals surface area contributed by atoms with Crippen LogP contribution in [0.2, 0.25) is 0 Å². The van der Waals surface area contributed by atoms with Gasteiger partial charge in [0.2, 0.25) is 0 Å². The van der Waals surface area contributed by atoms with Gasteiger partial charge in [0.15, 0.2) is 0 Å². The van der Waals surface area contributed by atoms with E-state index in [1.165, 1.54) is 18.2 Å². The van der Waals surface area contributed by atoms with Crippen molar-refractivity contribution < 1.29 is 18.7 Å². The zero-order chi connectivity index (χ0) is 17.8. The summed E-state index contributed by atoms with van der Waals surface area (Å²) in [6.07, 6.45) is 0. The Morgan fingerprint density at radius 1 is 1.20 bits per heavy atom. The predicted molar refractivity (Wildman–Crippen MR) is 92.1 cm³/mol. The molecular weight excluding hydrogens is 323 g/mol. The van der Waals surface area contributed by atoms with Crippen LogP contribution in [0.15, 0.2) is 48.5 Å². The number of hydrogen-bond acceptors (Lipinski definition) is 3. The Morgan fingerprint density at radius 3 is 2.76 bits per heavy atom. The lowest BCUT2D eigenvalue weighted by molar-refractivity contribution is 0.00359. The van der Waals surface area contributed by atoms with Crippen LogP contribution in [0.5, 0.6) is 0 Å². The van der Waals surface area contributed by atoms with Crippen molar-refractivity contribution >= 4 is 17.5 Å². The summed E-state index contributed by atoms with van der Waals surface area (Å²) in [5, 5.41) is 2.63. The van der Waals surface area contributed by atoms with E-state index in [9.17, 15) is 14.0 Å². The topological polar surface area (TPSA) is 58.6 Å². The fraction of sp³-hybridized carbons (Fsp3) is 0.263. The molecule has 2 aromatic rings. The smallest absolute Gasteiger partial charge is 0.258 e. The summed E-state index contributed by atoms with van der Waals surface area (Å²) in [7, 11) is 0. The van der Waals surface area contributed by atoms with Crippen molar-refractivity contribution in [1.29, 1.82) is 0 Å². The molecule has 1 fully saturated rings. The first-order valence-corrected chi connectivity index (χ1v) is 8.11. The molecule has 1 aliphatic rings. The maximum atomic E-state index is 13.7. The highest BCUT2D eigenvalue weighted by atomic mass is 19.1. The molecule has 1 heterocycles. The third-order valence-electron chi connectivity index (χ3n) is 4.11. The zero-order valence-corrected chi connectivity index (χ0v) is 13.9. The summed E-state index contributed by atoms with van der Waals surface area (Å²) in [5.74, 6) is -1.25. The number of benzene rings is 2. The second-order valence-corrected chi connectivity index (χ2v) is 5.94. The minimum atomic E-state index is -0.589. The molecule has 0 aliphatic carbocycles. The molecule has 2 aromatic carbocycles. The van der Waals surface area contributed by atoms with E-state index in [4.69, 9.17) is 4.74 Å². The van der Waals surface area contributed by atoms with Gasteiger partial charge in [-0.1, -0.05) is 18.2 Å². The standard InChI is InChI=1S/C19H19FN2O3/c1-13-12-25-10-9-22(13)19(24)14-5-4-6-15(11-14)21-18(23)16-7-2-3-8-17(16)20/h2-8,11,13H,9-10,12H2,1H3,(H,21,23). The van der Waals surface area contributed by atoms with Gasteiger partial charge in [0.05, 0.1) is 24.8 Å². The molecule has 0 saturated carbocycles. The summed E-state index contributed by atoms with van der Waals surface area (Å²) in [4.78, 5) is 26.6. The number of morpholine rings is 1. The van der Waals surface area contributed by atoms with E-state index in [-0.39, 0.29) is 17.5 Å². The zero-order valence-electron chi connectivity index (χ0n) is 13.9. The Balaban J connectivity index is 1.76. The maximum Gasteiger partial charge on any atom is 0.258 e. The van der Waals surface area contributed by atoms with Gasteiger partial charge in [0.25, 0.3) is 11.8 Å². The molecule has 1 saturated heterocycles. The lowest BCUT2D eigenvalue weighted by Crippen LogP contribution is -2.47. The van der Waals surface area contributed by atoms with E-state index in [1.807, 2.05) is 6.92 Å². The fourth-order valence-electron chi connectivity index (χ4n) is 2.77. The minimum Gasteiger partial charge on any atom is -0.377 e. The van der Waals surface area contributed by atoms with Gasteiger partial charge in [-0.2, -0.15) is 0 Å². The summed E-state index contributed by atoms with van der Waals surface area (Å²) in [6, 6.07) is 12.4. The number of carbonyl (C=O) groups is 2. The van der Waals surface area contributed by atoms with E-state index >= 15 is 0 Å². The van der Waals surface area contributed by atoms with Crippen LogP contribution in [-0.2, 0) is 4.74 Å². The Morgan fingerprint density at radius 2 is 2.00 bits per heavy atom. The molecule has 1 atom stereocenters. The number of halogens is 1. The lowest BCUT2D eigenvalue weighted by atomic mass is 10.1. The van der Waals surface area contributed by atoms with Crippen molar-refractivity contribution in [1.82, 2.24) is 4.90 Å². The van der Waals surface area contributed by atoms with Gasteiger partial charge in [-0.3, -0.25) is 9.59 Å². The Bertz CT molecular complexity index is 794. The number of nitrogens with zero attached hydrogens (tertiary/aromatic N) is 1. The molecule has 1 aliphatic heterocycles. The number of hydrogen-bond donors (Lipinski definition) is 1. The van der Waals surface area contributed by atoms with Crippen LogP contribution in [-0.4, -0.2) is 42.5 Å². The summed E-state index contributed by atoms with van der Waals surface area (Å²) in [6.45, 7) is 3.49. The van der Waals surface area contributed by atoms with Crippen LogP contribution in [0, 0.1) is 5.82 Å². The maximum absolute atomic E-state index is 13.7. The highest BCUT2D eigenvalue weighted by Gasteiger charge is 2.25. The predicted octanol–water partition coefficient (Wildman–Crippen LogP) is 2.94. The van der Waals surface area contributed by atoms with Crippen molar-refractivity contribution in [3.8, 4) is 0 Å². The van der Waals surface area contributed by atoms with Gasteiger partial charge in [-0.25, -0.2) is 4.39 Å². The van der Waals surface area contributed by atoms with E-state index in [0.717, 1.165) is 0 Å². The Hall–Kier alpha value is -2.73. The molecule has 0 aromatic heterocycles. The van der Waals surface area contributed by atoms with Gasteiger partial charge in [-0.15, -0.1) is 0 Å². The van der Waals surface area contributed by atoms with Gasteiger partial charge in [0, 0.05) is 17.8 Å². The largest absolute Gasteiger partial charge is 0.377 e. The molecule has 0 spiro atoms. The molecule has 6 heteroatoms. The van der Waals surface area contributed by atoms with Crippen molar-refractivity contribution in [3.63, 3.8) is 0 Å². The van der Waals surface area contributed by atoms with E-state index in [1.54, 1.807) is 35.2 Å². The van der Waals surface area contributed by atoms with Crippen LogP contribution in [0.3, 0.4) is 0 Å². The van der Waals surface area contributed by atoms with Gasteiger partial charge >= 0.3 is 0 Å². The number of rotatable bonds is 3. The minimum absolute atomic E-state index is 0.00193. The van der Waals surface area contributed by atoms with E-state index in [0.29, 0.717) is 31.0 Å². The van der Waals surface area contributed by atoms with Crippen LogP contribution in [0.1, 0.15) is 27.6 Å². The molecule has 2 amide bonds. The first-order valence-electron chi connectivity index (χ1n) is 8.11. The third kappa shape index (κ3) is 3.85. The summed E-state index contributed by atoms with van der Waals surface area (Å²) < 4.78 is 19.1. The second-order valence-electron chi connectivity index (χ2n) is 5.94. The molecule has 3 rings (SSSR count). The number of nitrogens with one attached hydrogen (secondary N) is 1. The quantitative estimate of drug-likeness (QED) is 0.933. The van der Waals surface area contributed by atoms with Crippen LogP contribution < -0.4 is 5.32 Å². The molecular formula is C19H19FN2O3. The molecule has 0 radical (unpaired) electrons. The van der Waals surface area contributed by atoms with Crippen molar-refractivity contribution in [3.05, 3.63) is 65.5 Å². The lowest BCUT2D eigenvalue weighted by Gasteiger charge is -2.33. The van der Waals surface area contributed by atoms with Crippen LogP contribution >= 0.6 is 0 Å².